The van der Waals surface area contributed by atoms with Crippen LogP contribution in [0.3, 0.4) is 0 Å². The number of amides is 1. The Hall–Kier alpha value is -3.09. The minimum atomic E-state index is -0.685. The minimum Gasteiger partial charge on any atom is -0.466 e. The molecule has 1 unspecified atom stereocenters. The van der Waals surface area contributed by atoms with Gasteiger partial charge in [0.25, 0.3) is 0 Å². The molecule has 0 spiro atoms. The number of aryl methyl sites for hydroxylation is 1. The van der Waals surface area contributed by atoms with E-state index in [4.69, 9.17) is 9.47 Å². The highest BCUT2D eigenvalue weighted by atomic mass is 32.1. The Morgan fingerprint density at radius 3 is 2.40 bits per heavy atom. The zero-order valence-corrected chi connectivity index (χ0v) is 26.0. The number of aldehydes is 1. The van der Waals surface area contributed by atoms with E-state index in [1.54, 1.807) is 6.20 Å². The number of hydrogen-bond donors (Lipinski definition) is 1. The van der Waals surface area contributed by atoms with Crippen LogP contribution in [-0.2, 0) is 35.1 Å². The summed E-state index contributed by atoms with van der Waals surface area (Å²) >= 11 is 1.53. The molecule has 0 aromatic carbocycles. The van der Waals surface area contributed by atoms with Crippen LogP contribution in [0, 0.1) is 0 Å². The van der Waals surface area contributed by atoms with Crippen molar-refractivity contribution in [3.05, 3.63) is 39.1 Å². The molecule has 4 heterocycles. The second-order valence-corrected chi connectivity index (χ2v) is 12.6. The fourth-order valence-electron chi connectivity index (χ4n) is 6.15. The van der Waals surface area contributed by atoms with Gasteiger partial charge in [-0.25, -0.2) is 14.6 Å². The maximum Gasteiger partial charge on any atom is 0.335 e. The lowest BCUT2D eigenvalue weighted by Gasteiger charge is -2.40. The van der Waals surface area contributed by atoms with Crippen LogP contribution >= 0.6 is 11.3 Å². The van der Waals surface area contributed by atoms with Crippen LogP contribution < -0.4 is 5.32 Å². The van der Waals surface area contributed by atoms with Crippen molar-refractivity contribution in [2.45, 2.75) is 70.4 Å². The molecule has 230 valence electrons. The predicted molar refractivity (Wildman–Crippen MR) is 158 cm³/mol. The fraction of sp³-hybridized carbons (Fsp3) is 0.633. The number of nitrogens with one attached hydrogen (secondary N) is 1. The summed E-state index contributed by atoms with van der Waals surface area (Å²) in [7, 11) is 2.60. The first kappa shape index (κ1) is 31.8. The van der Waals surface area contributed by atoms with Gasteiger partial charge in [-0.15, -0.1) is 11.3 Å². The third-order valence-electron chi connectivity index (χ3n) is 8.56. The number of rotatable bonds is 13. The first-order chi connectivity index (χ1) is 20.2. The second kappa shape index (κ2) is 14.4. The fourth-order valence-corrected chi connectivity index (χ4v) is 6.77. The Morgan fingerprint density at radius 2 is 1.81 bits per heavy atom. The van der Waals surface area contributed by atoms with E-state index in [2.05, 4.69) is 33.9 Å². The van der Waals surface area contributed by atoms with Gasteiger partial charge in [-0.05, 0) is 46.1 Å². The molecule has 3 aliphatic rings. The number of allylic oxidation sites excluding steroid dienone is 1. The standard InChI is InChI=1S/C30H43N5O6S/c1-30(2,35-13-5-7-26(35)37)10-6-12-33-14-16-34(17-15-33)24(20-36)27-22(29(39)41-4)19-21(28(38)40-3)23(32-27)8-9-25-31-11-18-42-25/h11,18,20,24,32H,5-10,12-17,19H2,1-4H3. The molecular formula is C30H43N5O6S. The number of methoxy groups -OCH3 is 2. The molecule has 12 heteroatoms. The van der Waals surface area contributed by atoms with Crippen LogP contribution in [0.1, 0.15) is 57.4 Å². The van der Waals surface area contributed by atoms with Crippen molar-refractivity contribution in [2.75, 3.05) is 53.5 Å². The average Bonchev–Trinajstić information content (AvgIpc) is 3.68. The van der Waals surface area contributed by atoms with E-state index in [0.29, 0.717) is 49.3 Å². The van der Waals surface area contributed by atoms with Crippen LogP contribution in [0.5, 0.6) is 0 Å². The molecule has 2 fully saturated rings. The maximum absolute atomic E-state index is 12.9. The van der Waals surface area contributed by atoms with Crippen molar-refractivity contribution in [1.29, 1.82) is 0 Å². The normalized spacial score (nSPS) is 19.6. The predicted octanol–water partition coefficient (Wildman–Crippen LogP) is 2.29. The minimum absolute atomic E-state index is 0.0223. The number of likely N-dealkylation sites (tertiary alicyclic amines) is 1. The highest BCUT2D eigenvalue weighted by Crippen LogP contribution is 2.31. The molecule has 0 aliphatic carbocycles. The molecule has 3 aliphatic heterocycles. The average molecular weight is 602 g/mol. The van der Waals surface area contributed by atoms with Gasteiger partial charge in [0.2, 0.25) is 5.91 Å². The molecule has 0 bridgehead atoms. The molecule has 4 rings (SSSR count). The summed E-state index contributed by atoms with van der Waals surface area (Å²) in [4.78, 5) is 61.2. The summed E-state index contributed by atoms with van der Waals surface area (Å²) in [5, 5.41) is 6.13. The Morgan fingerprint density at radius 1 is 1.10 bits per heavy atom. The molecule has 1 aromatic rings. The van der Waals surface area contributed by atoms with Gasteiger partial charge in [0.15, 0.2) is 0 Å². The van der Waals surface area contributed by atoms with Gasteiger partial charge in [0, 0.05) is 74.8 Å². The number of aromatic nitrogens is 1. The third kappa shape index (κ3) is 7.45. The summed E-state index contributed by atoms with van der Waals surface area (Å²) < 4.78 is 10.1. The highest BCUT2D eigenvalue weighted by molar-refractivity contribution is 7.09. The van der Waals surface area contributed by atoms with Crippen molar-refractivity contribution < 1.29 is 28.7 Å². The zero-order valence-electron chi connectivity index (χ0n) is 25.1. The number of thiazole rings is 1. The van der Waals surface area contributed by atoms with Gasteiger partial charge in [-0.2, -0.15) is 0 Å². The summed E-state index contributed by atoms with van der Waals surface area (Å²) in [6.07, 6.45) is 7.22. The van der Waals surface area contributed by atoms with E-state index in [1.165, 1.54) is 25.6 Å². The summed E-state index contributed by atoms with van der Waals surface area (Å²) in [6, 6.07) is -0.685. The molecule has 2 saturated heterocycles. The van der Waals surface area contributed by atoms with E-state index < -0.39 is 18.0 Å². The highest BCUT2D eigenvalue weighted by Gasteiger charge is 2.37. The Bertz CT molecular complexity index is 1200. The van der Waals surface area contributed by atoms with Crippen LogP contribution in [0.25, 0.3) is 0 Å². The zero-order chi connectivity index (χ0) is 30.3. The Labute approximate surface area is 251 Å². The van der Waals surface area contributed by atoms with E-state index in [0.717, 1.165) is 56.7 Å². The van der Waals surface area contributed by atoms with Gasteiger partial charge in [-0.1, -0.05) is 0 Å². The van der Waals surface area contributed by atoms with Crippen molar-refractivity contribution in [1.82, 2.24) is 25.0 Å². The van der Waals surface area contributed by atoms with Crippen LogP contribution in [0.4, 0.5) is 0 Å². The van der Waals surface area contributed by atoms with Crippen LogP contribution in [-0.4, -0.2) is 109 Å². The number of carbonyl (C=O) groups is 4. The Balaban J connectivity index is 1.41. The summed E-state index contributed by atoms with van der Waals surface area (Å²) in [6.45, 7) is 8.94. The maximum atomic E-state index is 12.9. The van der Waals surface area contributed by atoms with Crippen molar-refractivity contribution >= 4 is 35.5 Å². The lowest BCUT2D eigenvalue weighted by atomic mass is 9.92. The van der Waals surface area contributed by atoms with Crippen LogP contribution in [0.15, 0.2) is 34.1 Å². The van der Waals surface area contributed by atoms with Crippen molar-refractivity contribution in [3.8, 4) is 0 Å². The first-order valence-electron chi connectivity index (χ1n) is 14.7. The largest absolute Gasteiger partial charge is 0.466 e. The van der Waals surface area contributed by atoms with Gasteiger partial charge < -0.3 is 29.4 Å². The molecule has 0 radical (unpaired) electrons. The molecule has 1 N–H and O–H groups in total. The van der Waals surface area contributed by atoms with E-state index >= 15 is 0 Å². The quantitative estimate of drug-likeness (QED) is 0.266. The van der Waals surface area contributed by atoms with Gasteiger partial charge in [0.1, 0.15) is 12.3 Å². The number of dihydropyridines is 1. The second-order valence-electron chi connectivity index (χ2n) is 11.6. The lowest BCUT2D eigenvalue weighted by Crippen LogP contribution is -2.53. The molecular weight excluding hydrogens is 558 g/mol. The molecule has 42 heavy (non-hydrogen) atoms. The monoisotopic (exact) mass is 601 g/mol. The lowest BCUT2D eigenvalue weighted by molar-refractivity contribution is -0.137. The van der Waals surface area contributed by atoms with E-state index in [9.17, 15) is 19.2 Å². The number of hydrogen-bond acceptors (Lipinski definition) is 11. The SMILES string of the molecule is COC(=O)C1=C(CCc2nccs2)NC(C(C=O)N2CCN(CCCC(C)(C)N3CCCC3=O)CC2)=C(C(=O)OC)C1. The third-order valence-corrected chi connectivity index (χ3v) is 9.40. The summed E-state index contributed by atoms with van der Waals surface area (Å²) in [5.74, 6) is -0.849. The number of piperazine rings is 1. The van der Waals surface area contributed by atoms with E-state index in [-0.39, 0.29) is 23.4 Å². The van der Waals surface area contributed by atoms with Crippen LogP contribution in [0.2, 0.25) is 0 Å². The molecule has 1 atom stereocenters. The summed E-state index contributed by atoms with van der Waals surface area (Å²) in [5.41, 5.74) is 1.56. The van der Waals surface area contributed by atoms with Crippen molar-refractivity contribution in [2.24, 2.45) is 0 Å². The number of ether oxygens (including phenoxy) is 2. The molecule has 11 nitrogen and oxygen atoms in total. The van der Waals surface area contributed by atoms with Gasteiger partial charge in [-0.3, -0.25) is 9.69 Å². The molecule has 1 amide bonds. The molecule has 0 saturated carbocycles. The van der Waals surface area contributed by atoms with E-state index in [1.807, 2.05) is 10.3 Å². The number of esters is 2. The van der Waals surface area contributed by atoms with Crippen molar-refractivity contribution in [3.63, 3.8) is 0 Å². The van der Waals surface area contributed by atoms with Gasteiger partial charge in [0.05, 0.1) is 36.1 Å². The number of nitrogens with zero attached hydrogens (tertiary/aromatic N) is 4. The van der Waals surface area contributed by atoms with Gasteiger partial charge >= 0.3 is 11.9 Å². The topological polar surface area (TPSA) is 121 Å². The smallest absolute Gasteiger partial charge is 0.335 e. The first-order valence-corrected chi connectivity index (χ1v) is 15.6. The molecule has 1 aromatic heterocycles. The number of carbonyl (C=O) groups excluding carboxylic acids is 4. The Kier molecular flexibility index (Phi) is 10.9.